The standard InChI is InChI=1S/C10H13N.ClH/c1-2-11-8-7-9-5-3-4-6-10(9)11;/h3-6H,2,7-8H2,1H3;1H. The number of nitrogens with zero attached hydrogens (tertiary/aromatic N) is 1. The summed E-state index contributed by atoms with van der Waals surface area (Å²) in [6.07, 6.45) is 1.23. The molecule has 1 aliphatic heterocycles. The van der Waals surface area contributed by atoms with Crippen LogP contribution in [0, 0.1) is 0 Å². The Morgan fingerprint density at radius 1 is 1.33 bits per heavy atom. The van der Waals surface area contributed by atoms with Crippen LogP contribution in [0.1, 0.15) is 12.5 Å². The molecule has 0 bridgehead atoms. The highest BCUT2D eigenvalue weighted by atomic mass is 35.5. The first-order valence-corrected chi connectivity index (χ1v) is 4.24. The van der Waals surface area contributed by atoms with Gasteiger partial charge in [-0.05, 0) is 25.0 Å². The van der Waals surface area contributed by atoms with Gasteiger partial charge in [-0.25, -0.2) is 0 Å². The van der Waals surface area contributed by atoms with Crippen molar-refractivity contribution in [3.8, 4) is 0 Å². The van der Waals surface area contributed by atoms with Crippen molar-refractivity contribution in [2.24, 2.45) is 0 Å². The number of anilines is 1. The van der Waals surface area contributed by atoms with E-state index in [4.69, 9.17) is 0 Å². The van der Waals surface area contributed by atoms with E-state index in [1.807, 2.05) is 0 Å². The molecule has 0 saturated heterocycles. The van der Waals surface area contributed by atoms with Crippen molar-refractivity contribution >= 4 is 18.1 Å². The lowest BCUT2D eigenvalue weighted by molar-refractivity contribution is 0.868. The number of fused-ring (bicyclic) bond motifs is 1. The zero-order chi connectivity index (χ0) is 7.68. The van der Waals surface area contributed by atoms with Crippen LogP contribution in [0.25, 0.3) is 0 Å². The van der Waals surface area contributed by atoms with Crippen LogP contribution < -0.4 is 4.90 Å². The van der Waals surface area contributed by atoms with E-state index in [9.17, 15) is 0 Å². The summed E-state index contributed by atoms with van der Waals surface area (Å²) in [6, 6.07) is 8.68. The summed E-state index contributed by atoms with van der Waals surface area (Å²) in [7, 11) is 0. The maximum Gasteiger partial charge on any atom is 0.0399 e. The number of rotatable bonds is 1. The number of hydrogen-bond acceptors (Lipinski definition) is 1. The molecular weight excluding hydrogens is 170 g/mol. The second kappa shape index (κ2) is 3.81. The minimum atomic E-state index is 0. The van der Waals surface area contributed by atoms with E-state index >= 15 is 0 Å². The Bertz CT molecular complexity index is 260. The molecule has 1 aromatic rings. The fourth-order valence-corrected chi connectivity index (χ4v) is 1.74. The van der Waals surface area contributed by atoms with Crippen molar-refractivity contribution in [3.05, 3.63) is 29.8 Å². The van der Waals surface area contributed by atoms with Crippen molar-refractivity contribution in [2.75, 3.05) is 18.0 Å². The van der Waals surface area contributed by atoms with Crippen molar-refractivity contribution < 1.29 is 0 Å². The molecule has 0 spiro atoms. The van der Waals surface area contributed by atoms with E-state index in [1.54, 1.807) is 0 Å². The van der Waals surface area contributed by atoms with Gasteiger partial charge in [0, 0.05) is 18.8 Å². The molecule has 12 heavy (non-hydrogen) atoms. The fourth-order valence-electron chi connectivity index (χ4n) is 1.74. The zero-order valence-electron chi connectivity index (χ0n) is 7.29. The van der Waals surface area contributed by atoms with Gasteiger partial charge in [0.05, 0.1) is 0 Å². The van der Waals surface area contributed by atoms with Gasteiger partial charge in [-0.1, -0.05) is 18.2 Å². The normalized spacial score (nSPS) is 13.9. The predicted molar refractivity (Wildman–Crippen MR) is 55.3 cm³/mol. The number of para-hydroxylation sites is 1. The van der Waals surface area contributed by atoms with Gasteiger partial charge in [0.15, 0.2) is 0 Å². The molecule has 0 fully saturated rings. The van der Waals surface area contributed by atoms with Crippen LogP contribution in [0.3, 0.4) is 0 Å². The Hall–Kier alpha value is -0.690. The highest BCUT2D eigenvalue weighted by molar-refractivity contribution is 5.85. The molecular formula is C10H14ClN. The molecule has 0 saturated carbocycles. The van der Waals surface area contributed by atoms with Gasteiger partial charge in [-0.3, -0.25) is 0 Å². The van der Waals surface area contributed by atoms with Gasteiger partial charge in [0.1, 0.15) is 0 Å². The van der Waals surface area contributed by atoms with E-state index in [0.29, 0.717) is 0 Å². The van der Waals surface area contributed by atoms with E-state index in [1.165, 1.54) is 24.2 Å². The van der Waals surface area contributed by atoms with Crippen LogP contribution in [0.15, 0.2) is 24.3 Å². The molecule has 1 aromatic carbocycles. The summed E-state index contributed by atoms with van der Waals surface area (Å²) in [5.74, 6) is 0. The summed E-state index contributed by atoms with van der Waals surface area (Å²) < 4.78 is 0. The highest BCUT2D eigenvalue weighted by Crippen LogP contribution is 2.26. The lowest BCUT2D eigenvalue weighted by Gasteiger charge is -2.15. The first kappa shape index (κ1) is 9.40. The van der Waals surface area contributed by atoms with Crippen LogP contribution >= 0.6 is 12.4 Å². The molecule has 0 unspecified atom stereocenters. The first-order chi connectivity index (χ1) is 5.42. The van der Waals surface area contributed by atoms with Gasteiger partial charge >= 0.3 is 0 Å². The molecule has 0 radical (unpaired) electrons. The van der Waals surface area contributed by atoms with Crippen LogP contribution in [0.5, 0.6) is 0 Å². The topological polar surface area (TPSA) is 3.24 Å². The molecule has 66 valence electrons. The van der Waals surface area contributed by atoms with Crippen molar-refractivity contribution in [2.45, 2.75) is 13.3 Å². The summed E-state index contributed by atoms with van der Waals surface area (Å²) in [6.45, 7) is 4.55. The van der Waals surface area contributed by atoms with E-state index in [0.717, 1.165) is 6.54 Å². The molecule has 0 atom stereocenters. The van der Waals surface area contributed by atoms with Gasteiger partial charge < -0.3 is 4.90 Å². The van der Waals surface area contributed by atoms with Gasteiger partial charge in [-0.15, -0.1) is 12.4 Å². The number of benzene rings is 1. The summed E-state index contributed by atoms with van der Waals surface area (Å²) in [5.41, 5.74) is 2.95. The molecule has 1 heterocycles. The Balaban J connectivity index is 0.000000720. The third-order valence-electron chi connectivity index (χ3n) is 2.37. The molecule has 0 N–H and O–H groups in total. The Labute approximate surface area is 79.8 Å². The molecule has 0 amide bonds. The third kappa shape index (κ3) is 1.42. The quantitative estimate of drug-likeness (QED) is 0.647. The van der Waals surface area contributed by atoms with Crippen LogP contribution in [-0.2, 0) is 6.42 Å². The Kier molecular flexibility index (Phi) is 2.99. The van der Waals surface area contributed by atoms with Crippen LogP contribution in [0.2, 0.25) is 0 Å². The molecule has 2 heteroatoms. The minimum absolute atomic E-state index is 0. The van der Waals surface area contributed by atoms with Crippen molar-refractivity contribution in [1.82, 2.24) is 0 Å². The zero-order valence-corrected chi connectivity index (χ0v) is 8.10. The molecule has 2 rings (SSSR count). The lowest BCUT2D eigenvalue weighted by atomic mass is 10.2. The van der Waals surface area contributed by atoms with Gasteiger partial charge in [-0.2, -0.15) is 0 Å². The van der Waals surface area contributed by atoms with Gasteiger partial charge in [0.25, 0.3) is 0 Å². The summed E-state index contributed by atoms with van der Waals surface area (Å²) in [5, 5.41) is 0. The highest BCUT2D eigenvalue weighted by Gasteiger charge is 2.15. The predicted octanol–water partition coefficient (Wildman–Crippen LogP) is 2.49. The van der Waals surface area contributed by atoms with Crippen molar-refractivity contribution in [1.29, 1.82) is 0 Å². The lowest BCUT2D eigenvalue weighted by Crippen LogP contribution is -2.18. The van der Waals surface area contributed by atoms with E-state index < -0.39 is 0 Å². The molecule has 0 aromatic heterocycles. The molecule has 1 aliphatic rings. The third-order valence-corrected chi connectivity index (χ3v) is 2.37. The minimum Gasteiger partial charge on any atom is -0.371 e. The maximum absolute atomic E-state index is 2.43. The van der Waals surface area contributed by atoms with Crippen LogP contribution in [0.4, 0.5) is 5.69 Å². The Morgan fingerprint density at radius 3 is 2.83 bits per heavy atom. The van der Waals surface area contributed by atoms with E-state index in [-0.39, 0.29) is 12.4 Å². The first-order valence-electron chi connectivity index (χ1n) is 4.24. The fraction of sp³-hybridized carbons (Fsp3) is 0.400. The summed E-state index contributed by atoms with van der Waals surface area (Å²) >= 11 is 0. The smallest absolute Gasteiger partial charge is 0.0399 e. The monoisotopic (exact) mass is 183 g/mol. The number of hydrogen-bond donors (Lipinski definition) is 0. The average molecular weight is 184 g/mol. The van der Waals surface area contributed by atoms with Gasteiger partial charge in [0.2, 0.25) is 0 Å². The largest absolute Gasteiger partial charge is 0.371 e. The molecule has 1 nitrogen and oxygen atoms in total. The Morgan fingerprint density at radius 2 is 2.08 bits per heavy atom. The summed E-state index contributed by atoms with van der Waals surface area (Å²) in [4.78, 5) is 2.43. The second-order valence-corrected chi connectivity index (χ2v) is 2.96. The average Bonchev–Trinajstić information content (AvgIpc) is 2.47. The van der Waals surface area contributed by atoms with Crippen LogP contribution in [-0.4, -0.2) is 13.1 Å². The van der Waals surface area contributed by atoms with E-state index in [2.05, 4.69) is 36.1 Å². The maximum atomic E-state index is 2.43. The SMILES string of the molecule is CCN1CCc2ccccc21.Cl. The van der Waals surface area contributed by atoms with Crippen molar-refractivity contribution in [3.63, 3.8) is 0 Å². The molecule has 0 aliphatic carbocycles. The number of likely N-dealkylation sites (N-methyl/N-ethyl adjacent to an activating group) is 1. The second-order valence-electron chi connectivity index (χ2n) is 2.96. The number of halogens is 1.